The van der Waals surface area contributed by atoms with Gasteiger partial charge in [0.2, 0.25) is 0 Å². The largest absolute Gasteiger partial charge is 0.462 e. The summed E-state index contributed by atoms with van der Waals surface area (Å²) in [5.74, 6) is -1.00. The highest BCUT2D eigenvalue weighted by Crippen LogP contribution is 2.15. The van der Waals surface area contributed by atoms with Crippen LogP contribution in [0.3, 0.4) is 0 Å². The maximum atomic E-state index is 12.8. The molecule has 0 aliphatic rings. The predicted molar refractivity (Wildman–Crippen MR) is 307 cm³/mol. The van der Waals surface area contributed by atoms with E-state index >= 15 is 0 Å². The second-order valence-electron chi connectivity index (χ2n) is 19.1. The van der Waals surface area contributed by atoms with Crippen molar-refractivity contribution in [1.82, 2.24) is 0 Å². The molecule has 0 aromatic heterocycles. The van der Waals surface area contributed by atoms with Gasteiger partial charge in [-0.05, 0) is 116 Å². The number of hydrogen-bond donors (Lipinski definition) is 0. The molecule has 1 atom stereocenters. The van der Waals surface area contributed by atoms with E-state index in [0.717, 1.165) is 103 Å². The Balaban J connectivity index is 4.42. The van der Waals surface area contributed by atoms with E-state index < -0.39 is 6.10 Å². The summed E-state index contributed by atoms with van der Waals surface area (Å²) in [5, 5.41) is 0. The summed E-state index contributed by atoms with van der Waals surface area (Å²) < 4.78 is 16.8. The van der Waals surface area contributed by atoms with Crippen molar-refractivity contribution in [3.63, 3.8) is 0 Å². The van der Waals surface area contributed by atoms with Crippen LogP contribution in [0.5, 0.6) is 0 Å². The lowest BCUT2D eigenvalue weighted by atomic mass is 10.0. The normalized spacial score (nSPS) is 12.9. The van der Waals surface area contributed by atoms with Crippen LogP contribution in [0, 0.1) is 0 Å². The Morgan fingerprint density at radius 1 is 0.296 bits per heavy atom. The summed E-state index contributed by atoms with van der Waals surface area (Å²) in [6.45, 7) is 6.34. The highest BCUT2D eigenvalue weighted by molar-refractivity contribution is 5.71. The van der Waals surface area contributed by atoms with Gasteiger partial charge in [-0.2, -0.15) is 0 Å². The first-order chi connectivity index (χ1) is 35.0. The maximum Gasteiger partial charge on any atom is 0.306 e. The zero-order valence-electron chi connectivity index (χ0n) is 46.2. The van der Waals surface area contributed by atoms with E-state index in [1.165, 1.54) is 116 Å². The Morgan fingerprint density at radius 2 is 0.563 bits per heavy atom. The molecule has 1 unspecified atom stereocenters. The Labute approximate surface area is 438 Å². The Morgan fingerprint density at radius 3 is 0.930 bits per heavy atom. The molecule has 0 heterocycles. The first-order valence-corrected chi connectivity index (χ1v) is 29.4. The first kappa shape index (κ1) is 67.1. The van der Waals surface area contributed by atoms with Gasteiger partial charge in [-0.25, -0.2) is 0 Å². The van der Waals surface area contributed by atoms with Crippen LogP contribution in [0.4, 0.5) is 0 Å². The van der Waals surface area contributed by atoms with Crippen molar-refractivity contribution in [2.75, 3.05) is 13.2 Å². The van der Waals surface area contributed by atoms with Crippen molar-refractivity contribution in [3.05, 3.63) is 109 Å². The molecule has 0 aliphatic heterocycles. The van der Waals surface area contributed by atoms with Gasteiger partial charge in [-0.1, -0.05) is 239 Å². The maximum absolute atomic E-state index is 12.8. The van der Waals surface area contributed by atoms with Gasteiger partial charge in [0.05, 0.1) is 0 Å². The van der Waals surface area contributed by atoms with Crippen LogP contribution >= 0.6 is 0 Å². The van der Waals surface area contributed by atoms with E-state index in [1.807, 2.05) is 0 Å². The Kier molecular flexibility index (Phi) is 55.4. The van der Waals surface area contributed by atoms with Gasteiger partial charge in [0, 0.05) is 19.3 Å². The third-order valence-electron chi connectivity index (χ3n) is 12.2. The number of hydrogen-bond acceptors (Lipinski definition) is 6. The fourth-order valence-corrected chi connectivity index (χ4v) is 7.90. The number of ether oxygens (including phenoxy) is 3. The summed E-state index contributed by atoms with van der Waals surface area (Å²) in [5.41, 5.74) is 0. The molecule has 0 bridgehead atoms. The minimum absolute atomic E-state index is 0.111. The van der Waals surface area contributed by atoms with Crippen molar-refractivity contribution < 1.29 is 28.6 Å². The van der Waals surface area contributed by atoms with Crippen molar-refractivity contribution in [2.45, 2.75) is 271 Å². The second kappa shape index (κ2) is 58.6. The van der Waals surface area contributed by atoms with Gasteiger partial charge < -0.3 is 14.2 Å². The molecule has 0 aromatic rings. The molecule has 404 valence electrons. The molecular weight excluding hydrogens is 877 g/mol. The molecule has 0 saturated carbocycles. The minimum atomic E-state index is -0.822. The minimum Gasteiger partial charge on any atom is -0.462 e. The number of carbonyl (C=O) groups excluding carboxylic acids is 3. The van der Waals surface area contributed by atoms with Crippen LogP contribution in [0.15, 0.2) is 109 Å². The van der Waals surface area contributed by atoms with E-state index in [-0.39, 0.29) is 37.5 Å². The topological polar surface area (TPSA) is 78.9 Å². The molecule has 0 spiro atoms. The van der Waals surface area contributed by atoms with Crippen LogP contribution in [0.2, 0.25) is 0 Å². The van der Waals surface area contributed by atoms with Crippen LogP contribution in [-0.2, 0) is 28.6 Å². The van der Waals surface area contributed by atoms with Gasteiger partial charge in [0.15, 0.2) is 6.10 Å². The molecular formula is C65H108O6. The van der Waals surface area contributed by atoms with E-state index in [2.05, 4.69) is 130 Å². The molecule has 0 N–H and O–H groups in total. The number of allylic oxidation sites excluding steroid dienone is 18. The predicted octanol–water partition coefficient (Wildman–Crippen LogP) is 19.9. The fraction of sp³-hybridized carbons (Fsp3) is 0.677. The molecule has 6 nitrogen and oxygen atoms in total. The van der Waals surface area contributed by atoms with Gasteiger partial charge in [0.1, 0.15) is 13.2 Å². The summed E-state index contributed by atoms with van der Waals surface area (Å²) in [6.07, 6.45) is 79.6. The lowest BCUT2D eigenvalue weighted by Crippen LogP contribution is -2.30. The third kappa shape index (κ3) is 56.9. The molecule has 0 saturated heterocycles. The first-order valence-electron chi connectivity index (χ1n) is 29.4. The Bertz CT molecular complexity index is 1460. The summed E-state index contributed by atoms with van der Waals surface area (Å²) in [4.78, 5) is 38.1. The third-order valence-corrected chi connectivity index (χ3v) is 12.2. The molecule has 6 heteroatoms. The molecule has 71 heavy (non-hydrogen) atoms. The fourth-order valence-electron chi connectivity index (χ4n) is 7.90. The monoisotopic (exact) mass is 985 g/mol. The zero-order chi connectivity index (χ0) is 51.4. The number of unbranched alkanes of at least 4 members (excludes halogenated alkanes) is 23. The van der Waals surface area contributed by atoms with Crippen LogP contribution in [-0.4, -0.2) is 37.2 Å². The van der Waals surface area contributed by atoms with E-state index in [4.69, 9.17) is 14.2 Å². The number of esters is 3. The number of carbonyl (C=O) groups is 3. The molecule has 0 rings (SSSR count). The lowest BCUT2D eigenvalue weighted by Gasteiger charge is -2.18. The van der Waals surface area contributed by atoms with Crippen molar-refractivity contribution in [1.29, 1.82) is 0 Å². The van der Waals surface area contributed by atoms with E-state index in [1.54, 1.807) is 0 Å². The van der Waals surface area contributed by atoms with Crippen molar-refractivity contribution in [3.8, 4) is 0 Å². The van der Waals surface area contributed by atoms with Crippen LogP contribution in [0.1, 0.15) is 265 Å². The molecule has 0 fully saturated rings. The summed E-state index contributed by atoms with van der Waals surface area (Å²) in [7, 11) is 0. The summed E-state index contributed by atoms with van der Waals surface area (Å²) >= 11 is 0. The number of rotatable bonds is 52. The van der Waals surface area contributed by atoms with E-state index in [0.29, 0.717) is 19.3 Å². The smallest absolute Gasteiger partial charge is 0.306 e. The van der Waals surface area contributed by atoms with Crippen molar-refractivity contribution >= 4 is 17.9 Å². The standard InChI is InChI=1S/C65H108O6/c1-4-7-10-13-16-19-22-25-27-29-30-31-32-33-34-36-37-40-43-46-49-52-55-58-64(67)70-61-62(60-69-63(66)57-54-51-48-45-42-39-24-21-18-15-12-9-6-3)71-65(68)59-56-53-50-47-44-41-38-35-28-26-23-20-17-14-11-8-5-2/h8-9,11-12,17-18,20-21,26,28-30,38-39,41-42,47,50,62H,4-7,10,13-16,19,22-25,27,31-37,40,43-46,48-49,51-61H2,1-3H3/b11-8-,12-9-,20-17-,21-18-,28-26-,30-29-,41-38-,42-39-,50-47-. The second-order valence-corrected chi connectivity index (χ2v) is 19.1. The van der Waals surface area contributed by atoms with Crippen LogP contribution < -0.4 is 0 Å². The zero-order valence-corrected chi connectivity index (χ0v) is 46.2. The van der Waals surface area contributed by atoms with Crippen molar-refractivity contribution in [2.24, 2.45) is 0 Å². The average molecular weight is 986 g/mol. The van der Waals surface area contributed by atoms with Gasteiger partial charge in [-0.3, -0.25) is 14.4 Å². The van der Waals surface area contributed by atoms with Crippen LogP contribution in [0.25, 0.3) is 0 Å². The van der Waals surface area contributed by atoms with Gasteiger partial charge >= 0.3 is 17.9 Å². The molecule has 0 amide bonds. The highest BCUT2D eigenvalue weighted by Gasteiger charge is 2.19. The Hall–Kier alpha value is -3.93. The highest BCUT2D eigenvalue weighted by atomic mass is 16.6. The SMILES string of the molecule is CC/C=C\C/C=C\C/C=C\C/C=C\C/C=C\CCCC(=O)OC(COC(=O)CCCCC/C=C\C/C=C\C/C=C\CC)COC(=O)CCCCCCCCCCCCC/C=C\CCCCCCCCCC. The molecule has 0 aromatic carbocycles. The quantitative estimate of drug-likeness (QED) is 0.0261. The average Bonchev–Trinajstić information content (AvgIpc) is 3.37. The lowest BCUT2D eigenvalue weighted by molar-refractivity contribution is -0.167. The van der Waals surface area contributed by atoms with Gasteiger partial charge in [0.25, 0.3) is 0 Å². The molecule has 0 radical (unpaired) electrons. The van der Waals surface area contributed by atoms with E-state index in [9.17, 15) is 14.4 Å². The molecule has 0 aliphatic carbocycles. The summed E-state index contributed by atoms with van der Waals surface area (Å²) in [6, 6.07) is 0. The van der Waals surface area contributed by atoms with Gasteiger partial charge in [-0.15, -0.1) is 0 Å².